The summed E-state index contributed by atoms with van der Waals surface area (Å²) in [5, 5.41) is 15.0. The lowest BCUT2D eigenvalue weighted by Gasteiger charge is -2.33. The molecule has 0 spiro atoms. The summed E-state index contributed by atoms with van der Waals surface area (Å²) in [4.78, 5) is 25.8. The van der Waals surface area contributed by atoms with E-state index in [4.69, 9.17) is 0 Å². The van der Waals surface area contributed by atoms with Crippen LogP contribution >= 0.6 is 0 Å². The predicted octanol–water partition coefficient (Wildman–Crippen LogP) is 1.17. The van der Waals surface area contributed by atoms with Crippen molar-refractivity contribution in [2.45, 2.75) is 57.0 Å². The number of carbonyl (C=O) groups excluding carboxylic acids is 1. The molecule has 1 heterocycles. The molecule has 6 nitrogen and oxygen atoms in total. The van der Waals surface area contributed by atoms with E-state index >= 15 is 0 Å². The van der Waals surface area contributed by atoms with Gasteiger partial charge in [0.1, 0.15) is 5.54 Å². The third-order valence-electron chi connectivity index (χ3n) is 4.51. The van der Waals surface area contributed by atoms with Crippen molar-refractivity contribution in [2.75, 3.05) is 19.6 Å². The Morgan fingerprint density at radius 1 is 1.30 bits per heavy atom. The zero-order valence-corrected chi connectivity index (χ0v) is 12.2. The van der Waals surface area contributed by atoms with E-state index in [1.54, 1.807) is 0 Å². The number of aliphatic carboxylic acids is 1. The molecular weight excluding hydrogens is 258 g/mol. The summed E-state index contributed by atoms with van der Waals surface area (Å²) in [6, 6.07) is -0.215. The van der Waals surface area contributed by atoms with Crippen LogP contribution in [0.5, 0.6) is 0 Å². The van der Waals surface area contributed by atoms with E-state index in [1.807, 2.05) is 0 Å². The highest BCUT2D eigenvalue weighted by atomic mass is 16.4. The number of carbonyl (C=O) groups is 2. The lowest BCUT2D eigenvalue weighted by atomic mass is 9.98. The molecule has 3 N–H and O–H groups in total. The molecule has 0 aromatic rings. The molecule has 2 fully saturated rings. The Hall–Kier alpha value is -1.30. The number of hydrogen-bond donors (Lipinski definition) is 3. The molecule has 0 aromatic heterocycles. The summed E-state index contributed by atoms with van der Waals surface area (Å²) in [6.07, 6.45) is 4.81. The molecule has 20 heavy (non-hydrogen) atoms. The standard InChI is InChI=1S/C14H25N3O3/c1-2-17-9-5-6-11(10-17)15-13(20)16-14(12(18)19)7-3-4-8-14/h11H,2-10H2,1H3,(H,18,19)(H2,15,16,20). The lowest BCUT2D eigenvalue weighted by molar-refractivity contribution is -0.144. The van der Waals surface area contributed by atoms with E-state index in [2.05, 4.69) is 22.5 Å². The van der Waals surface area contributed by atoms with Crippen LogP contribution in [0.3, 0.4) is 0 Å². The Labute approximate surface area is 119 Å². The summed E-state index contributed by atoms with van der Waals surface area (Å²) in [7, 11) is 0. The average Bonchev–Trinajstić information content (AvgIpc) is 2.88. The molecule has 1 saturated heterocycles. The second-order valence-electron chi connectivity index (χ2n) is 5.93. The summed E-state index contributed by atoms with van der Waals surface area (Å²) >= 11 is 0. The zero-order chi connectivity index (χ0) is 14.6. The summed E-state index contributed by atoms with van der Waals surface area (Å²) in [5.41, 5.74) is -1.05. The summed E-state index contributed by atoms with van der Waals surface area (Å²) in [6.45, 7) is 5.03. The van der Waals surface area contributed by atoms with Gasteiger partial charge in [0.2, 0.25) is 0 Å². The number of likely N-dealkylation sites (tertiary alicyclic amines) is 1. The molecule has 2 amide bonds. The number of carboxylic acid groups (broad SMARTS) is 1. The van der Waals surface area contributed by atoms with Gasteiger partial charge in [-0.1, -0.05) is 19.8 Å². The van der Waals surface area contributed by atoms with Gasteiger partial charge in [-0.3, -0.25) is 0 Å². The maximum atomic E-state index is 12.1. The van der Waals surface area contributed by atoms with Gasteiger partial charge in [-0.15, -0.1) is 0 Å². The Morgan fingerprint density at radius 3 is 2.60 bits per heavy atom. The van der Waals surface area contributed by atoms with E-state index in [0.717, 1.165) is 45.3 Å². The van der Waals surface area contributed by atoms with Gasteiger partial charge >= 0.3 is 12.0 Å². The monoisotopic (exact) mass is 283 g/mol. The number of likely N-dealkylation sites (N-methyl/N-ethyl adjacent to an activating group) is 1. The number of amides is 2. The summed E-state index contributed by atoms with van der Waals surface area (Å²) < 4.78 is 0. The second kappa shape index (κ2) is 6.43. The van der Waals surface area contributed by atoms with E-state index in [0.29, 0.717) is 12.8 Å². The fourth-order valence-electron chi connectivity index (χ4n) is 3.27. The first-order valence-electron chi connectivity index (χ1n) is 7.60. The molecular formula is C14H25N3O3. The van der Waals surface area contributed by atoms with Crippen molar-refractivity contribution in [3.05, 3.63) is 0 Å². The highest BCUT2D eigenvalue weighted by Crippen LogP contribution is 2.29. The molecule has 0 aromatic carbocycles. The minimum atomic E-state index is -1.05. The first kappa shape index (κ1) is 15.1. The smallest absolute Gasteiger partial charge is 0.329 e. The van der Waals surface area contributed by atoms with E-state index < -0.39 is 11.5 Å². The van der Waals surface area contributed by atoms with Gasteiger partial charge in [0.15, 0.2) is 0 Å². The third-order valence-corrected chi connectivity index (χ3v) is 4.51. The quantitative estimate of drug-likeness (QED) is 0.723. The number of nitrogens with zero attached hydrogens (tertiary/aromatic N) is 1. The molecule has 2 aliphatic rings. The minimum Gasteiger partial charge on any atom is -0.480 e. The van der Waals surface area contributed by atoms with Crippen LogP contribution < -0.4 is 10.6 Å². The molecule has 6 heteroatoms. The van der Waals surface area contributed by atoms with Crippen LogP contribution in [-0.2, 0) is 4.79 Å². The SMILES string of the molecule is CCN1CCCC(NC(=O)NC2(C(=O)O)CCCC2)C1. The Morgan fingerprint density at radius 2 is 2.00 bits per heavy atom. The molecule has 1 aliphatic heterocycles. The lowest BCUT2D eigenvalue weighted by Crippen LogP contribution is -2.58. The highest BCUT2D eigenvalue weighted by molar-refractivity contribution is 5.86. The number of rotatable bonds is 4. The van der Waals surface area contributed by atoms with E-state index in [9.17, 15) is 14.7 Å². The second-order valence-corrected chi connectivity index (χ2v) is 5.93. The fourth-order valence-corrected chi connectivity index (χ4v) is 3.27. The van der Waals surface area contributed by atoms with Crippen LogP contribution in [0.2, 0.25) is 0 Å². The number of nitrogens with one attached hydrogen (secondary N) is 2. The van der Waals surface area contributed by atoms with Gasteiger partial charge in [0.05, 0.1) is 0 Å². The zero-order valence-electron chi connectivity index (χ0n) is 12.2. The first-order valence-corrected chi connectivity index (χ1v) is 7.60. The van der Waals surface area contributed by atoms with Crippen molar-refractivity contribution in [1.82, 2.24) is 15.5 Å². The molecule has 1 unspecified atom stereocenters. The molecule has 1 saturated carbocycles. The largest absolute Gasteiger partial charge is 0.480 e. The van der Waals surface area contributed by atoms with Gasteiger partial charge in [-0.2, -0.15) is 0 Å². The van der Waals surface area contributed by atoms with Crippen molar-refractivity contribution in [3.8, 4) is 0 Å². The minimum absolute atomic E-state index is 0.121. The maximum Gasteiger partial charge on any atom is 0.329 e. The Balaban J connectivity index is 1.87. The molecule has 1 atom stereocenters. The maximum absolute atomic E-state index is 12.1. The molecule has 0 bridgehead atoms. The van der Waals surface area contributed by atoms with Gasteiger partial charge < -0.3 is 20.6 Å². The van der Waals surface area contributed by atoms with Crippen LogP contribution in [0.25, 0.3) is 0 Å². The van der Waals surface area contributed by atoms with Gasteiger partial charge in [0, 0.05) is 12.6 Å². The van der Waals surface area contributed by atoms with Gasteiger partial charge in [-0.25, -0.2) is 9.59 Å². The molecule has 114 valence electrons. The third kappa shape index (κ3) is 3.42. The first-order chi connectivity index (χ1) is 9.55. The van der Waals surface area contributed by atoms with Crippen molar-refractivity contribution in [2.24, 2.45) is 0 Å². The predicted molar refractivity (Wildman–Crippen MR) is 75.6 cm³/mol. The average molecular weight is 283 g/mol. The van der Waals surface area contributed by atoms with Gasteiger partial charge in [-0.05, 0) is 38.8 Å². The van der Waals surface area contributed by atoms with Crippen molar-refractivity contribution < 1.29 is 14.7 Å². The summed E-state index contributed by atoms with van der Waals surface area (Å²) in [5.74, 6) is -0.913. The number of piperidine rings is 1. The van der Waals surface area contributed by atoms with Gasteiger partial charge in [0.25, 0.3) is 0 Å². The van der Waals surface area contributed by atoms with Crippen molar-refractivity contribution in [1.29, 1.82) is 0 Å². The Bertz CT molecular complexity index is 367. The normalized spacial score (nSPS) is 26.1. The molecule has 1 aliphatic carbocycles. The Kier molecular flexibility index (Phi) is 4.86. The van der Waals surface area contributed by atoms with Crippen LogP contribution in [0, 0.1) is 0 Å². The highest BCUT2D eigenvalue weighted by Gasteiger charge is 2.42. The fraction of sp³-hybridized carbons (Fsp3) is 0.857. The van der Waals surface area contributed by atoms with Crippen molar-refractivity contribution in [3.63, 3.8) is 0 Å². The number of urea groups is 1. The molecule has 0 radical (unpaired) electrons. The topological polar surface area (TPSA) is 81.7 Å². The van der Waals surface area contributed by atoms with Crippen molar-refractivity contribution >= 4 is 12.0 Å². The van der Waals surface area contributed by atoms with Crippen LogP contribution in [0.4, 0.5) is 4.79 Å². The van der Waals surface area contributed by atoms with Crippen LogP contribution in [-0.4, -0.2) is 53.2 Å². The number of hydrogen-bond acceptors (Lipinski definition) is 3. The van der Waals surface area contributed by atoms with Crippen LogP contribution in [0.15, 0.2) is 0 Å². The number of carboxylic acids is 1. The van der Waals surface area contributed by atoms with E-state index in [-0.39, 0.29) is 12.1 Å². The van der Waals surface area contributed by atoms with Crippen LogP contribution in [0.1, 0.15) is 45.4 Å². The van der Waals surface area contributed by atoms with E-state index in [1.165, 1.54) is 0 Å². The molecule has 2 rings (SSSR count).